The van der Waals surface area contributed by atoms with E-state index < -0.39 is 11.9 Å². The molecule has 2 unspecified atom stereocenters. The van der Waals surface area contributed by atoms with Crippen molar-refractivity contribution in [2.75, 3.05) is 6.61 Å². The minimum atomic E-state index is -1.51. The molecule has 1 rings (SSSR count). The first-order valence-electron chi connectivity index (χ1n) is 6.22. The molecule has 0 aliphatic heterocycles. The van der Waals surface area contributed by atoms with Gasteiger partial charge in [0.25, 0.3) is 0 Å². The lowest BCUT2D eigenvalue weighted by atomic mass is 9.69. The van der Waals surface area contributed by atoms with Gasteiger partial charge in [0.1, 0.15) is 0 Å². The predicted molar refractivity (Wildman–Crippen MR) is 63.5 cm³/mol. The zero-order valence-electron chi connectivity index (χ0n) is 10.9. The summed E-state index contributed by atoms with van der Waals surface area (Å²) in [5.74, 6) is -1.90. The second kappa shape index (κ2) is 5.52. The van der Waals surface area contributed by atoms with Gasteiger partial charge < -0.3 is 9.84 Å². The Hall–Kier alpha value is -1.06. The van der Waals surface area contributed by atoms with E-state index in [9.17, 15) is 9.59 Å². The molecule has 98 valence electrons. The molecule has 0 spiro atoms. The molecule has 1 N–H and O–H groups in total. The van der Waals surface area contributed by atoms with Gasteiger partial charge in [-0.25, -0.2) is 9.59 Å². The monoisotopic (exact) mass is 242 g/mol. The van der Waals surface area contributed by atoms with Crippen molar-refractivity contribution in [2.45, 2.75) is 46.5 Å². The van der Waals surface area contributed by atoms with Gasteiger partial charge in [-0.3, -0.25) is 0 Å². The predicted octanol–water partition coefficient (Wildman–Crippen LogP) is 2.47. The van der Waals surface area contributed by atoms with Gasteiger partial charge in [0.2, 0.25) is 0 Å². The molecule has 0 saturated heterocycles. The van der Waals surface area contributed by atoms with Crippen LogP contribution in [0.15, 0.2) is 0 Å². The van der Waals surface area contributed by atoms with E-state index in [4.69, 9.17) is 9.84 Å². The summed E-state index contributed by atoms with van der Waals surface area (Å²) < 4.78 is 4.75. The van der Waals surface area contributed by atoms with E-state index in [-0.39, 0.29) is 12.5 Å². The molecule has 4 nitrogen and oxygen atoms in total. The number of ether oxygens (including phenoxy) is 1. The Bertz CT molecular complexity index is 296. The Kier molecular flexibility index (Phi) is 4.54. The van der Waals surface area contributed by atoms with Crippen LogP contribution in [0.25, 0.3) is 0 Å². The minimum absolute atomic E-state index is 0.214. The molecule has 4 heteroatoms. The standard InChI is InChI=1S/C13H22O4/c1-9(8-17-12(16)11(14)15)10-5-4-6-13(2,3)7-10/h9-10H,4-8H2,1-3H3,(H,14,15). The highest BCUT2D eigenvalue weighted by Crippen LogP contribution is 2.41. The van der Waals surface area contributed by atoms with Crippen LogP contribution in [0.2, 0.25) is 0 Å². The van der Waals surface area contributed by atoms with Crippen LogP contribution in [0, 0.1) is 17.3 Å². The van der Waals surface area contributed by atoms with Crippen molar-refractivity contribution in [3.63, 3.8) is 0 Å². The zero-order chi connectivity index (χ0) is 13.1. The molecule has 1 fully saturated rings. The minimum Gasteiger partial charge on any atom is -0.473 e. The Morgan fingerprint density at radius 3 is 2.65 bits per heavy atom. The summed E-state index contributed by atoms with van der Waals surface area (Å²) in [4.78, 5) is 21.2. The molecule has 1 aliphatic rings. The molecule has 0 amide bonds. The number of carbonyl (C=O) groups excluding carboxylic acids is 1. The SMILES string of the molecule is CC(COC(=O)C(=O)O)C1CCCC(C)(C)C1. The maximum absolute atomic E-state index is 10.8. The fourth-order valence-electron chi connectivity index (χ4n) is 2.65. The fraction of sp³-hybridized carbons (Fsp3) is 0.846. The Labute approximate surface area is 102 Å². The molecule has 0 aromatic carbocycles. The molecule has 0 bridgehead atoms. The molecule has 0 aromatic rings. The van der Waals surface area contributed by atoms with Crippen molar-refractivity contribution >= 4 is 11.9 Å². The van der Waals surface area contributed by atoms with E-state index in [1.54, 1.807) is 0 Å². The van der Waals surface area contributed by atoms with Crippen LogP contribution in [0.1, 0.15) is 46.5 Å². The normalized spacial score (nSPS) is 25.0. The van der Waals surface area contributed by atoms with E-state index in [1.165, 1.54) is 12.8 Å². The van der Waals surface area contributed by atoms with Crippen LogP contribution < -0.4 is 0 Å². The van der Waals surface area contributed by atoms with E-state index >= 15 is 0 Å². The van der Waals surface area contributed by atoms with Crippen LogP contribution in [0.5, 0.6) is 0 Å². The summed E-state index contributed by atoms with van der Waals surface area (Å²) in [7, 11) is 0. The molecule has 1 saturated carbocycles. The third-order valence-electron chi connectivity index (χ3n) is 3.70. The topological polar surface area (TPSA) is 63.6 Å². The summed E-state index contributed by atoms with van der Waals surface area (Å²) in [6.45, 7) is 6.76. The Morgan fingerprint density at radius 1 is 1.47 bits per heavy atom. The lowest BCUT2D eigenvalue weighted by Gasteiger charge is -2.37. The van der Waals surface area contributed by atoms with E-state index in [2.05, 4.69) is 13.8 Å². The third-order valence-corrected chi connectivity index (χ3v) is 3.70. The lowest BCUT2D eigenvalue weighted by Crippen LogP contribution is -2.30. The number of rotatable bonds is 3. The summed E-state index contributed by atoms with van der Waals surface area (Å²) in [6.07, 6.45) is 4.72. The van der Waals surface area contributed by atoms with Crippen LogP contribution in [0.3, 0.4) is 0 Å². The van der Waals surface area contributed by atoms with Gasteiger partial charge in [0.15, 0.2) is 0 Å². The van der Waals surface area contributed by atoms with Gasteiger partial charge in [-0.05, 0) is 30.1 Å². The Balaban J connectivity index is 2.39. The van der Waals surface area contributed by atoms with Crippen LogP contribution in [-0.2, 0) is 14.3 Å². The molecule has 0 heterocycles. The fourth-order valence-corrected chi connectivity index (χ4v) is 2.65. The van der Waals surface area contributed by atoms with E-state index in [1.807, 2.05) is 6.92 Å². The quantitative estimate of drug-likeness (QED) is 0.610. The van der Waals surface area contributed by atoms with E-state index in [0.29, 0.717) is 11.3 Å². The van der Waals surface area contributed by atoms with Crippen LogP contribution in [0.4, 0.5) is 0 Å². The first kappa shape index (κ1) is 14.0. The number of aliphatic carboxylic acids is 1. The lowest BCUT2D eigenvalue weighted by molar-refractivity contribution is -0.165. The highest BCUT2D eigenvalue weighted by atomic mass is 16.6. The van der Waals surface area contributed by atoms with Crippen molar-refractivity contribution in [1.29, 1.82) is 0 Å². The number of carbonyl (C=O) groups is 2. The van der Waals surface area contributed by atoms with Crippen molar-refractivity contribution in [3.05, 3.63) is 0 Å². The summed E-state index contributed by atoms with van der Waals surface area (Å²) in [5, 5.41) is 8.41. The molecule has 2 atom stereocenters. The largest absolute Gasteiger partial charge is 0.473 e. The Morgan fingerprint density at radius 2 is 2.12 bits per heavy atom. The number of hydrogen-bond donors (Lipinski definition) is 1. The maximum Gasteiger partial charge on any atom is 0.417 e. The maximum atomic E-state index is 10.8. The van der Waals surface area contributed by atoms with E-state index in [0.717, 1.165) is 12.8 Å². The molecule has 1 aliphatic carbocycles. The van der Waals surface area contributed by atoms with Crippen molar-refractivity contribution in [3.8, 4) is 0 Å². The number of hydrogen-bond acceptors (Lipinski definition) is 3. The second-order valence-corrected chi connectivity index (χ2v) is 5.90. The van der Waals surface area contributed by atoms with Crippen LogP contribution in [-0.4, -0.2) is 23.7 Å². The second-order valence-electron chi connectivity index (χ2n) is 5.90. The number of carboxylic acids is 1. The molecule has 17 heavy (non-hydrogen) atoms. The molecular weight excluding hydrogens is 220 g/mol. The van der Waals surface area contributed by atoms with Gasteiger partial charge in [0.05, 0.1) is 6.61 Å². The van der Waals surface area contributed by atoms with Crippen molar-refractivity contribution in [2.24, 2.45) is 17.3 Å². The summed E-state index contributed by atoms with van der Waals surface area (Å²) in [6, 6.07) is 0. The van der Waals surface area contributed by atoms with Crippen molar-refractivity contribution < 1.29 is 19.4 Å². The van der Waals surface area contributed by atoms with Gasteiger partial charge in [-0.1, -0.05) is 33.6 Å². The van der Waals surface area contributed by atoms with Gasteiger partial charge in [0, 0.05) is 0 Å². The molecule has 0 aromatic heterocycles. The summed E-state index contributed by atoms with van der Waals surface area (Å²) >= 11 is 0. The number of carboxylic acid groups (broad SMARTS) is 1. The highest BCUT2D eigenvalue weighted by molar-refractivity contribution is 6.28. The van der Waals surface area contributed by atoms with Gasteiger partial charge in [-0.2, -0.15) is 0 Å². The molecule has 0 radical (unpaired) electrons. The highest BCUT2D eigenvalue weighted by Gasteiger charge is 2.31. The smallest absolute Gasteiger partial charge is 0.417 e. The average Bonchev–Trinajstić information content (AvgIpc) is 2.23. The van der Waals surface area contributed by atoms with Crippen LogP contribution >= 0.6 is 0 Å². The first-order chi connectivity index (χ1) is 7.82. The average molecular weight is 242 g/mol. The molecular formula is C13H22O4. The van der Waals surface area contributed by atoms with Crippen molar-refractivity contribution in [1.82, 2.24) is 0 Å². The first-order valence-corrected chi connectivity index (χ1v) is 6.22. The van der Waals surface area contributed by atoms with Gasteiger partial charge >= 0.3 is 11.9 Å². The number of esters is 1. The van der Waals surface area contributed by atoms with Gasteiger partial charge in [-0.15, -0.1) is 0 Å². The summed E-state index contributed by atoms with van der Waals surface area (Å²) in [5.41, 5.74) is 0.355. The zero-order valence-corrected chi connectivity index (χ0v) is 10.9. The third kappa shape index (κ3) is 4.36.